The summed E-state index contributed by atoms with van der Waals surface area (Å²) >= 11 is 0. The molecule has 3 saturated heterocycles. The Hall–Kier alpha value is -3.13. The van der Waals surface area contributed by atoms with E-state index in [2.05, 4.69) is 21.8 Å². The number of amides is 1. The van der Waals surface area contributed by atoms with Crippen molar-refractivity contribution in [1.29, 1.82) is 0 Å². The summed E-state index contributed by atoms with van der Waals surface area (Å²) in [6, 6.07) is 7.63. The molecule has 3 fully saturated rings. The van der Waals surface area contributed by atoms with Crippen LogP contribution >= 0.6 is 0 Å². The standard InChI is InChI=1S/C27H35N3O5/c1-6-17-16-30-12-10-18(17)13-23(30)25(34-24(31)15-29-26(32)35-27(2,3)4)20-9-11-28-22-8-7-19(33-5)14-21(20)22/h6-9,11,14,17-18,23,25H,1,10,12-13,15-16H2,2-5H3,(H,29,32)/t17?,18-,23?,25+/m0/s1. The number of fused-ring (bicyclic) bond motifs is 4. The Bertz CT molecular complexity index is 1100. The minimum atomic E-state index is -0.653. The second-order valence-electron chi connectivity index (χ2n) is 10.3. The zero-order valence-electron chi connectivity index (χ0n) is 21.0. The van der Waals surface area contributed by atoms with Crippen molar-refractivity contribution < 1.29 is 23.8 Å². The quantitative estimate of drug-likeness (QED) is 0.467. The second kappa shape index (κ2) is 10.2. The Labute approximate surface area is 206 Å². The fraction of sp³-hybridized carbons (Fsp3) is 0.519. The number of carbonyl (C=O) groups is 2. The van der Waals surface area contributed by atoms with Crippen LogP contribution in [0.4, 0.5) is 4.79 Å². The molecule has 8 heteroatoms. The van der Waals surface area contributed by atoms with Gasteiger partial charge >= 0.3 is 12.1 Å². The topological polar surface area (TPSA) is 90.0 Å². The molecule has 1 aromatic carbocycles. The number of methoxy groups -OCH3 is 1. The van der Waals surface area contributed by atoms with Gasteiger partial charge in [0, 0.05) is 23.7 Å². The van der Waals surface area contributed by atoms with Crippen LogP contribution < -0.4 is 10.1 Å². The van der Waals surface area contributed by atoms with E-state index in [0.717, 1.165) is 42.4 Å². The number of hydrogen-bond donors (Lipinski definition) is 1. The number of hydrogen-bond acceptors (Lipinski definition) is 7. The van der Waals surface area contributed by atoms with Gasteiger partial charge in [-0.2, -0.15) is 0 Å². The van der Waals surface area contributed by atoms with E-state index in [1.165, 1.54) is 0 Å². The molecule has 3 aliphatic heterocycles. The van der Waals surface area contributed by atoms with Gasteiger partial charge in [-0.1, -0.05) is 6.08 Å². The zero-order chi connectivity index (χ0) is 25.2. The third kappa shape index (κ3) is 5.75. The van der Waals surface area contributed by atoms with Crippen LogP contribution in [-0.4, -0.2) is 60.3 Å². The van der Waals surface area contributed by atoms with Gasteiger partial charge in [-0.15, -0.1) is 6.58 Å². The average molecular weight is 482 g/mol. The van der Waals surface area contributed by atoms with E-state index in [0.29, 0.717) is 17.6 Å². The van der Waals surface area contributed by atoms with E-state index in [-0.39, 0.29) is 12.6 Å². The highest BCUT2D eigenvalue weighted by Crippen LogP contribution is 2.43. The summed E-state index contributed by atoms with van der Waals surface area (Å²) in [5, 5.41) is 3.39. The van der Waals surface area contributed by atoms with Crippen LogP contribution in [0.25, 0.3) is 10.9 Å². The summed E-state index contributed by atoms with van der Waals surface area (Å²) in [7, 11) is 1.62. The maximum absolute atomic E-state index is 13.0. The Morgan fingerprint density at radius 3 is 2.77 bits per heavy atom. The van der Waals surface area contributed by atoms with Crippen LogP contribution in [-0.2, 0) is 14.3 Å². The first-order valence-electron chi connectivity index (χ1n) is 12.1. The van der Waals surface area contributed by atoms with E-state index in [1.807, 2.05) is 30.3 Å². The number of carbonyl (C=O) groups excluding carboxylic acids is 2. The van der Waals surface area contributed by atoms with Crippen molar-refractivity contribution in [1.82, 2.24) is 15.2 Å². The molecule has 8 nitrogen and oxygen atoms in total. The molecule has 2 aromatic rings. The smallest absolute Gasteiger partial charge is 0.408 e. The highest BCUT2D eigenvalue weighted by Gasteiger charge is 2.44. The fourth-order valence-corrected chi connectivity index (χ4v) is 5.20. The van der Waals surface area contributed by atoms with Crippen LogP contribution in [0.5, 0.6) is 5.75 Å². The van der Waals surface area contributed by atoms with Crippen molar-refractivity contribution in [3.8, 4) is 5.75 Å². The van der Waals surface area contributed by atoms with Crippen LogP contribution in [0.3, 0.4) is 0 Å². The molecule has 3 unspecified atom stereocenters. The van der Waals surface area contributed by atoms with Gasteiger partial charge < -0.3 is 19.5 Å². The van der Waals surface area contributed by atoms with Gasteiger partial charge in [0.1, 0.15) is 24.0 Å². The highest BCUT2D eigenvalue weighted by atomic mass is 16.6. The molecule has 4 heterocycles. The monoisotopic (exact) mass is 481 g/mol. The van der Waals surface area contributed by atoms with Crippen molar-refractivity contribution in [2.24, 2.45) is 11.8 Å². The summed E-state index contributed by atoms with van der Waals surface area (Å²) in [4.78, 5) is 31.9. The Morgan fingerprint density at radius 1 is 1.31 bits per heavy atom. The summed E-state index contributed by atoms with van der Waals surface area (Å²) in [6.07, 6.45) is 4.63. The molecule has 0 saturated carbocycles. The first-order valence-corrected chi connectivity index (χ1v) is 12.1. The summed E-state index contributed by atoms with van der Waals surface area (Å²) in [6.45, 7) is 10.9. The molecule has 1 N–H and O–H groups in total. The van der Waals surface area contributed by atoms with Gasteiger partial charge in [-0.25, -0.2) is 4.79 Å². The minimum Gasteiger partial charge on any atom is -0.497 e. The molecule has 188 valence electrons. The van der Waals surface area contributed by atoms with Crippen LogP contribution in [0.2, 0.25) is 0 Å². The Balaban J connectivity index is 1.61. The molecular weight excluding hydrogens is 446 g/mol. The summed E-state index contributed by atoms with van der Waals surface area (Å²) < 4.78 is 16.8. The van der Waals surface area contributed by atoms with Crippen LogP contribution in [0.1, 0.15) is 45.3 Å². The molecule has 5 rings (SSSR count). The van der Waals surface area contributed by atoms with Gasteiger partial charge in [0.15, 0.2) is 0 Å². The zero-order valence-corrected chi connectivity index (χ0v) is 21.0. The number of rotatable bonds is 7. The normalized spacial score (nSPS) is 24.5. The Kier molecular flexibility index (Phi) is 7.31. The van der Waals surface area contributed by atoms with Gasteiger partial charge in [0.2, 0.25) is 0 Å². The summed E-state index contributed by atoms with van der Waals surface area (Å²) in [5.74, 6) is 1.14. The minimum absolute atomic E-state index is 0.0206. The van der Waals surface area contributed by atoms with Crippen molar-refractivity contribution in [2.75, 3.05) is 26.7 Å². The molecule has 35 heavy (non-hydrogen) atoms. The van der Waals surface area contributed by atoms with Crippen molar-refractivity contribution in [3.63, 3.8) is 0 Å². The number of alkyl carbamates (subject to hydrolysis) is 1. The number of pyridine rings is 1. The molecule has 2 bridgehead atoms. The molecular formula is C27H35N3O5. The largest absolute Gasteiger partial charge is 0.497 e. The number of ether oxygens (including phenoxy) is 3. The molecule has 0 radical (unpaired) electrons. The number of aromatic nitrogens is 1. The van der Waals surface area contributed by atoms with E-state index >= 15 is 0 Å². The molecule has 3 aliphatic rings. The average Bonchev–Trinajstić information content (AvgIpc) is 2.84. The van der Waals surface area contributed by atoms with Crippen molar-refractivity contribution >= 4 is 23.0 Å². The fourth-order valence-electron chi connectivity index (χ4n) is 5.20. The van der Waals surface area contributed by atoms with E-state index in [4.69, 9.17) is 14.2 Å². The first-order chi connectivity index (χ1) is 16.7. The lowest BCUT2D eigenvalue weighted by Crippen LogP contribution is -2.55. The lowest BCUT2D eigenvalue weighted by molar-refractivity contribution is -0.156. The van der Waals surface area contributed by atoms with Gasteiger partial charge in [-0.3, -0.25) is 14.7 Å². The molecule has 5 atom stereocenters. The first kappa shape index (κ1) is 25.0. The predicted molar refractivity (Wildman–Crippen MR) is 133 cm³/mol. The van der Waals surface area contributed by atoms with E-state index in [1.54, 1.807) is 34.1 Å². The predicted octanol–water partition coefficient (Wildman–Crippen LogP) is 4.25. The van der Waals surface area contributed by atoms with Crippen LogP contribution in [0.15, 0.2) is 43.1 Å². The lowest BCUT2D eigenvalue weighted by Gasteiger charge is -2.51. The third-order valence-corrected chi connectivity index (χ3v) is 6.83. The lowest BCUT2D eigenvalue weighted by atomic mass is 9.73. The van der Waals surface area contributed by atoms with E-state index in [9.17, 15) is 9.59 Å². The maximum atomic E-state index is 13.0. The molecule has 1 aromatic heterocycles. The third-order valence-electron chi connectivity index (χ3n) is 6.83. The Morgan fingerprint density at radius 2 is 2.11 bits per heavy atom. The van der Waals surface area contributed by atoms with E-state index < -0.39 is 23.8 Å². The number of nitrogens with one attached hydrogen (secondary N) is 1. The SMILES string of the molecule is C=CC1CN2CC[C@H]1CC2[C@H](OC(=O)CNC(=O)OC(C)(C)C)c1ccnc2ccc(OC)cc12. The number of piperidine rings is 3. The molecule has 0 spiro atoms. The highest BCUT2D eigenvalue weighted by molar-refractivity contribution is 5.84. The van der Waals surface area contributed by atoms with Crippen molar-refractivity contribution in [3.05, 3.63) is 48.7 Å². The molecule has 0 aliphatic carbocycles. The number of esters is 1. The van der Waals surface area contributed by atoms with Crippen molar-refractivity contribution in [2.45, 2.75) is 51.4 Å². The summed E-state index contributed by atoms with van der Waals surface area (Å²) in [5.41, 5.74) is 1.03. The second-order valence-corrected chi connectivity index (χ2v) is 10.3. The van der Waals surface area contributed by atoms with Gasteiger partial charge in [-0.05, 0) is 76.3 Å². The number of nitrogens with zero attached hydrogens (tertiary/aromatic N) is 2. The maximum Gasteiger partial charge on any atom is 0.408 e. The van der Waals surface area contributed by atoms with Gasteiger partial charge in [0.05, 0.1) is 18.7 Å². The number of benzene rings is 1. The van der Waals surface area contributed by atoms with Gasteiger partial charge in [0.25, 0.3) is 0 Å². The van der Waals surface area contributed by atoms with Crippen LogP contribution in [0, 0.1) is 11.8 Å². The molecule has 1 amide bonds.